The second-order valence-corrected chi connectivity index (χ2v) is 8.03. The first-order chi connectivity index (χ1) is 15.3. The summed E-state index contributed by atoms with van der Waals surface area (Å²) in [6.45, 7) is 6.00. The van der Waals surface area contributed by atoms with Crippen LogP contribution in [-0.2, 0) is 0 Å². The van der Waals surface area contributed by atoms with Crippen LogP contribution >= 0.6 is 12.2 Å². The van der Waals surface area contributed by atoms with E-state index in [9.17, 15) is 4.79 Å². The quantitative estimate of drug-likeness (QED) is 0.401. The van der Waals surface area contributed by atoms with Crippen molar-refractivity contribution in [3.8, 4) is 17.2 Å². The molecule has 0 bridgehead atoms. The molecule has 0 aliphatic carbocycles. The minimum Gasteiger partial charge on any atom is -0.497 e. The third-order valence-electron chi connectivity index (χ3n) is 5.11. The van der Waals surface area contributed by atoms with Crippen LogP contribution in [0.4, 0.5) is 5.69 Å². The topological polar surface area (TPSA) is 76.4 Å². The number of hydrogen-bond donors (Lipinski definition) is 2. The van der Waals surface area contributed by atoms with E-state index < -0.39 is 0 Å². The van der Waals surface area contributed by atoms with Gasteiger partial charge in [0.15, 0.2) is 10.7 Å². The lowest BCUT2D eigenvalue weighted by molar-refractivity contribution is 0.0977. The number of amides is 1. The molecule has 0 radical (unpaired) electrons. The summed E-state index contributed by atoms with van der Waals surface area (Å²) in [5.41, 5.74) is 6.78. The van der Waals surface area contributed by atoms with E-state index in [1.807, 2.05) is 45.0 Å². The highest BCUT2D eigenvalue weighted by Gasteiger charge is 2.14. The Kier molecular flexibility index (Phi) is 5.92. The number of rotatable bonds is 4. The number of methoxy groups -OCH3 is 1. The number of oxazole rings is 1. The summed E-state index contributed by atoms with van der Waals surface area (Å²) >= 11 is 5.36. The van der Waals surface area contributed by atoms with Gasteiger partial charge in [-0.2, -0.15) is 0 Å². The van der Waals surface area contributed by atoms with Gasteiger partial charge < -0.3 is 14.5 Å². The van der Waals surface area contributed by atoms with Gasteiger partial charge >= 0.3 is 0 Å². The van der Waals surface area contributed by atoms with Crippen molar-refractivity contribution in [2.24, 2.45) is 0 Å². The number of aromatic nitrogens is 1. The second-order valence-electron chi connectivity index (χ2n) is 7.62. The maximum Gasteiger partial charge on any atom is 0.257 e. The van der Waals surface area contributed by atoms with Crippen LogP contribution in [0.1, 0.15) is 27.0 Å². The van der Waals surface area contributed by atoms with Crippen LogP contribution in [0.25, 0.3) is 22.6 Å². The molecule has 162 valence electrons. The SMILES string of the molecule is COc1cccc(C(=O)NC(=S)Nc2cc(-c3nc4cc(C)cc(C)c4o3)ccc2C)c1. The summed E-state index contributed by atoms with van der Waals surface area (Å²) in [5.74, 6) is 0.812. The van der Waals surface area contributed by atoms with Crippen LogP contribution in [0, 0.1) is 20.8 Å². The molecule has 0 saturated carbocycles. The molecule has 2 N–H and O–H groups in total. The summed E-state index contributed by atoms with van der Waals surface area (Å²) in [7, 11) is 1.55. The van der Waals surface area contributed by atoms with Gasteiger partial charge in [0.2, 0.25) is 5.89 Å². The third kappa shape index (κ3) is 4.48. The molecule has 32 heavy (non-hydrogen) atoms. The Morgan fingerprint density at radius 2 is 1.84 bits per heavy atom. The summed E-state index contributed by atoms with van der Waals surface area (Å²) < 4.78 is 11.2. The fourth-order valence-corrected chi connectivity index (χ4v) is 3.69. The van der Waals surface area contributed by atoms with Gasteiger partial charge in [-0.15, -0.1) is 0 Å². The van der Waals surface area contributed by atoms with Gasteiger partial charge in [0.25, 0.3) is 5.91 Å². The fraction of sp³-hybridized carbons (Fsp3) is 0.160. The molecule has 3 aromatic carbocycles. The average Bonchev–Trinajstić information content (AvgIpc) is 3.19. The van der Waals surface area contributed by atoms with Crippen LogP contribution in [0.2, 0.25) is 0 Å². The van der Waals surface area contributed by atoms with Crippen LogP contribution in [0.15, 0.2) is 59.0 Å². The van der Waals surface area contributed by atoms with E-state index in [2.05, 4.69) is 21.7 Å². The van der Waals surface area contributed by atoms with Gasteiger partial charge in [-0.1, -0.05) is 18.2 Å². The lowest BCUT2D eigenvalue weighted by Gasteiger charge is -2.13. The highest BCUT2D eigenvalue weighted by Crippen LogP contribution is 2.30. The molecule has 1 amide bonds. The molecule has 0 unspecified atom stereocenters. The first kappa shape index (κ1) is 21.5. The molecule has 0 fully saturated rings. The number of aryl methyl sites for hydroxylation is 3. The predicted octanol–water partition coefficient (Wildman–Crippen LogP) is 5.56. The number of carbonyl (C=O) groups is 1. The zero-order valence-electron chi connectivity index (χ0n) is 18.3. The van der Waals surface area contributed by atoms with Gasteiger partial charge in [0.05, 0.1) is 7.11 Å². The Hall–Kier alpha value is -3.71. The zero-order valence-corrected chi connectivity index (χ0v) is 19.1. The van der Waals surface area contributed by atoms with Gasteiger partial charge in [-0.05, 0) is 86.1 Å². The van der Waals surface area contributed by atoms with Crippen LogP contribution < -0.4 is 15.4 Å². The standard InChI is InChI=1S/C25H23N3O3S/c1-14-10-16(3)22-21(11-14)26-24(31-22)18-9-8-15(2)20(13-18)27-25(32)28-23(29)17-6-5-7-19(12-17)30-4/h5-13H,1-4H3,(H2,27,28,29,32). The Balaban J connectivity index is 1.54. The number of nitrogens with one attached hydrogen (secondary N) is 2. The van der Waals surface area contributed by atoms with E-state index in [-0.39, 0.29) is 11.0 Å². The number of carbonyl (C=O) groups excluding carboxylic acids is 1. The molecule has 4 rings (SSSR count). The number of thiocarbonyl (C=S) groups is 1. The smallest absolute Gasteiger partial charge is 0.257 e. The highest BCUT2D eigenvalue weighted by molar-refractivity contribution is 7.80. The van der Waals surface area contributed by atoms with Gasteiger partial charge in [0, 0.05) is 16.8 Å². The maximum absolute atomic E-state index is 12.5. The second kappa shape index (κ2) is 8.80. The number of benzene rings is 3. The average molecular weight is 446 g/mol. The Labute approximate surface area is 191 Å². The Morgan fingerprint density at radius 1 is 1.03 bits per heavy atom. The number of hydrogen-bond acceptors (Lipinski definition) is 5. The van der Waals surface area contributed by atoms with Crippen molar-refractivity contribution in [1.29, 1.82) is 0 Å². The summed E-state index contributed by atoms with van der Waals surface area (Å²) in [6.07, 6.45) is 0. The first-order valence-corrected chi connectivity index (χ1v) is 10.5. The molecule has 0 aliphatic heterocycles. The first-order valence-electron chi connectivity index (χ1n) is 10.1. The molecule has 0 atom stereocenters. The lowest BCUT2D eigenvalue weighted by Crippen LogP contribution is -2.34. The summed E-state index contributed by atoms with van der Waals surface area (Å²) in [6, 6.07) is 16.8. The predicted molar refractivity (Wildman–Crippen MR) is 130 cm³/mol. The van der Waals surface area contributed by atoms with E-state index in [1.165, 1.54) is 0 Å². The molecular formula is C25H23N3O3S. The highest BCUT2D eigenvalue weighted by atomic mass is 32.1. The van der Waals surface area contributed by atoms with E-state index in [0.717, 1.165) is 39.0 Å². The monoisotopic (exact) mass is 445 g/mol. The van der Waals surface area contributed by atoms with Crippen molar-refractivity contribution in [3.05, 3.63) is 76.9 Å². The number of fused-ring (bicyclic) bond motifs is 1. The minimum atomic E-state index is -0.319. The summed E-state index contributed by atoms with van der Waals surface area (Å²) in [4.78, 5) is 17.2. The molecular weight excluding hydrogens is 422 g/mol. The molecule has 0 saturated heterocycles. The number of anilines is 1. The summed E-state index contributed by atoms with van der Waals surface area (Å²) in [5, 5.41) is 6.00. The molecule has 0 aliphatic rings. The van der Waals surface area contributed by atoms with Gasteiger partial charge in [-0.3, -0.25) is 10.1 Å². The van der Waals surface area contributed by atoms with Crippen molar-refractivity contribution >= 4 is 40.0 Å². The van der Waals surface area contributed by atoms with E-state index in [0.29, 0.717) is 17.2 Å². The van der Waals surface area contributed by atoms with Crippen LogP contribution in [0.3, 0.4) is 0 Å². The molecule has 4 aromatic rings. The third-order valence-corrected chi connectivity index (χ3v) is 5.32. The van der Waals surface area contributed by atoms with Crippen molar-refractivity contribution in [2.75, 3.05) is 12.4 Å². The van der Waals surface area contributed by atoms with Crippen LogP contribution in [0.5, 0.6) is 5.75 Å². The Bertz CT molecular complexity index is 1340. The number of ether oxygens (including phenoxy) is 1. The van der Waals surface area contributed by atoms with Crippen molar-refractivity contribution in [1.82, 2.24) is 10.3 Å². The van der Waals surface area contributed by atoms with Gasteiger partial charge in [-0.25, -0.2) is 4.98 Å². The van der Waals surface area contributed by atoms with Crippen LogP contribution in [-0.4, -0.2) is 23.1 Å². The van der Waals surface area contributed by atoms with E-state index in [4.69, 9.17) is 21.4 Å². The molecule has 6 nitrogen and oxygen atoms in total. The van der Waals surface area contributed by atoms with Crippen molar-refractivity contribution in [2.45, 2.75) is 20.8 Å². The molecule has 0 spiro atoms. The zero-order chi connectivity index (χ0) is 22.8. The van der Waals surface area contributed by atoms with Crippen molar-refractivity contribution < 1.29 is 13.9 Å². The fourth-order valence-electron chi connectivity index (χ4n) is 3.48. The van der Waals surface area contributed by atoms with Gasteiger partial charge in [0.1, 0.15) is 11.3 Å². The van der Waals surface area contributed by atoms with E-state index in [1.54, 1.807) is 31.4 Å². The minimum absolute atomic E-state index is 0.196. The number of nitrogens with zero attached hydrogens (tertiary/aromatic N) is 1. The molecule has 1 aromatic heterocycles. The maximum atomic E-state index is 12.5. The van der Waals surface area contributed by atoms with E-state index >= 15 is 0 Å². The Morgan fingerprint density at radius 3 is 2.62 bits per heavy atom. The van der Waals surface area contributed by atoms with Crippen molar-refractivity contribution in [3.63, 3.8) is 0 Å². The normalized spacial score (nSPS) is 10.8. The molecule has 1 heterocycles. The molecule has 7 heteroatoms. The lowest BCUT2D eigenvalue weighted by atomic mass is 10.1. The largest absolute Gasteiger partial charge is 0.497 e.